The van der Waals surface area contributed by atoms with Crippen molar-refractivity contribution in [3.05, 3.63) is 24.0 Å². The number of hydrogen-bond donors (Lipinski definition) is 2. The summed E-state index contributed by atoms with van der Waals surface area (Å²) in [6, 6.07) is 2.18. The van der Waals surface area contributed by atoms with Gasteiger partial charge in [-0.2, -0.15) is 0 Å². The largest absolute Gasteiger partial charge is 0.398 e. The van der Waals surface area contributed by atoms with Gasteiger partial charge >= 0.3 is 0 Å². The molecule has 96 valence electrons. The maximum atomic E-state index is 5.96. The van der Waals surface area contributed by atoms with Gasteiger partial charge in [-0.25, -0.2) is 0 Å². The molecule has 3 N–H and O–H groups in total. The smallest absolute Gasteiger partial charge is 0.0378 e. The van der Waals surface area contributed by atoms with Crippen molar-refractivity contribution in [2.45, 2.75) is 31.8 Å². The molecule has 1 aromatic heterocycles. The van der Waals surface area contributed by atoms with Crippen LogP contribution >= 0.6 is 0 Å². The van der Waals surface area contributed by atoms with Crippen LogP contribution < -0.4 is 11.1 Å². The molecule has 4 nitrogen and oxygen atoms in total. The second kappa shape index (κ2) is 5.47. The fraction of sp³-hybridized carbons (Fsp3) is 0.615. The minimum atomic E-state index is 0.0526. The molecule has 0 aromatic carbocycles. The van der Waals surface area contributed by atoms with Crippen molar-refractivity contribution >= 4 is 5.69 Å². The van der Waals surface area contributed by atoms with Gasteiger partial charge in [-0.05, 0) is 53.0 Å². The highest BCUT2D eigenvalue weighted by Crippen LogP contribution is 2.21. The quantitative estimate of drug-likeness (QED) is 0.805. The van der Waals surface area contributed by atoms with E-state index in [1.165, 1.54) is 0 Å². The van der Waals surface area contributed by atoms with Crippen LogP contribution in [0.2, 0.25) is 0 Å². The monoisotopic (exact) mass is 236 g/mol. The highest BCUT2D eigenvalue weighted by Gasteiger charge is 2.30. The molecule has 0 bridgehead atoms. The van der Waals surface area contributed by atoms with E-state index >= 15 is 0 Å². The number of nitrogens with one attached hydrogen (secondary N) is 1. The molecule has 0 saturated heterocycles. The van der Waals surface area contributed by atoms with Gasteiger partial charge in [0, 0.05) is 29.7 Å². The summed E-state index contributed by atoms with van der Waals surface area (Å²) >= 11 is 0. The number of aromatic nitrogens is 1. The molecule has 0 spiro atoms. The standard InChI is InChI=1S/C13H24N4/c1-13(2,17(4)5)12(15-3)8-10-9-16-7-6-11(10)14/h6-7,9,12,15H,8H2,1-5H3,(H2,14,16). The lowest BCUT2D eigenvalue weighted by atomic mass is 9.88. The zero-order chi connectivity index (χ0) is 13.1. The van der Waals surface area contributed by atoms with E-state index in [2.05, 4.69) is 43.1 Å². The minimum absolute atomic E-state index is 0.0526. The van der Waals surface area contributed by atoms with Crippen LogP contribution in [0, 0.1) is 0 Å². The molecule has 4 heteroatoms. The van der Waals surface area contributed by atoms with Crippen LogP contribution in [0.1, 0.15) is 19.4 Å². The maximum Gasteiger partial charge on any atom is 0.0378 e. The number of likely N-dealkylation sites (N-methyl/N-ethyl adjacent to an activating group) is 2. The number of nitrogens with zero attached hydrogens (tertiary/aromatic N) is 2. The molecule has 1 unspecified atom stereocenters. The Labute approximate surface area is 104 Å². The second-order valence-electron chi connectivity index (χ2n) is 5.17. The molecule has 0 amide bonds. The first-order chi connectivity index (χ1) is 7.89. The van der Waals surface area contributed by atoms with Crippen molar-refractivity contribution < 1.29 is 0 Å². The Bertz CT molecular complexity index is 360. The van der Waals surface area contributed by atoms with Gasteiger partial charge in [0.2, 0.25) is 0 Å². The van der Waals surface area contributed by atoms with Gasteiger partial charge in [0.05, 0.1) is 0 Å². The lowest BCUT2D eigenvalue weighted by Crippen LogP contribution is -2.55. The van der Waals surface area contributed by atoms with E-state index in [1.54, 1.807) is 6.20 Å². The molecule has 0 saturated carbocycles. The lowest BCUT2D eigenvalue weighted by Gasteiger charge is -2.40. The lowest BCUT2D eigenvalue weighted by molar-refractivity contribution is 0.142. The van der Waals surface area contributed by atoms with E-state index < -0.39 is 0 Å². The summed E-state index contributed by atoms with van der Waals surface area (Å²) in [5.41, 5.74) is 7.93. The molecule has 1 heterocycles. The van der Waals surface area contributed by atoms with Gasteiger partial charge in [0.15, 0.2) is 0 Å². The summed E-state index contributed by atoms with van der Waals surface area (Å²) in [4.78, 5) is 6.36. The van der Waals surface area contributed by atoms with E-state index in [1.807, 2.05) is 19.3 Å². The van der Waals surface area contributed by atoms with Crippen molar-refractivity contribution in [2.24, 2.45) is 0 Å². The highest BCUT2D eigenvalue weighted by molar-refractivity contribution is 5.44. The summed E-state index contributed by atoms with van der Waals surface area (Å²) < 4.78 is 0. The van der Waals surface area contributed by atoms with Crippen molar-refractivity contribution in [2.75, 3.05) is 26.9 Å². The Hall–Kier alpha value is -1.13. The molecular formula is C13H24N4. The van der Waals surface area contributed by atoms with Crippen LogP contribution in [-0.2, 0) is 6.42 Å². The van der Waals surface area contributed by atoms with Gasteiger partial charge in [0.25, 0.3) is 0 Å². The van der Waals surface area contributed by atoms with E-state index in [0.29, 0.717) is 6.04 Å². The zero-order valence-electron chi connectivity index (χ0n) is 11.5. The first kappa shape index (κ1) is 13.9. The maximum absolute atomic E-state index is 5.96. The number of anilines is 1. The Morgan fingerprint density at radius 3 is 2.59 bits per heavy atom. The van der Waals surface area contributed by atoms with Crippen LogP contribution in [0.4, 0.5) is 5.69 Å². The van der Waals surface area contributed by atoms with Crippen LogP contribution in [0.3, 0.4) is 0 Å². The summed E-state index contributed by atoms with van der Waals surface area (Å²) in [5, 5.41) is 3.37. The molecule has 0 radical (unpaired) electrons. The third-order valence-corrected chi connectivity index (χ3v) is 3.72. The van der Waals surface area contributed by atoms with Crippen molar-refractivity contribution in [1.29, 1.82) is 0 Å². The molecule has 0 aliphatic rings. The SMILES string of the molecule is CNC(Cc1cnccc1N)C(C)(C)N(C)C. The summed E-state index contributed by atoms with van der Waals surface area (Å²) in [5.74, 6) is 0. The van der Waals surface area contributed by atoms with Crippen LogP contribution in [-0.4, -0.2) is 42.6 Å². The van der Waals surface area contributed by atoms with Crippen molar-refractivity contribution in [1.82, 2.24) is 15.2 Å². The fourth-order valence-electron chi connectivity index (χ4n) is 1.85. The van der Waals surface area contributed by atoms with Gasteiger partial charge < -0.3 is 16.0 Å². The third kappa shape index (κ3) is 3.17. The molecular weight excluding hydrogens is 212 g/mol. The molecule has 17 heavy (non-hydrogen) atoms. The predicted octanol–water partition coefficient (Wildman–Crippen LogP) is 1.13. The molecule has 0 fully saturated rings. The first-order valence-corrected chi connectivity index (χ1v) is 5.92. The Morgan fingerprint density at radius 1 is 1.47 bits per heavy atom. The number of hydrogen-bond acceptors (Lipinski definition) is 4. The van der Waals surface area contributed by atoms with E-state index in [-0.39, 0.29) is 5.54 Å². The molecule has 0 aliphatic carbocycles. The van der Waals surface area contributed by atoms with E-state index in [9.17, 15) is 0 Å². The minimum Gasteiger partial charge on any atom is -0.398 e. The number of nitrogens with two attached hydrogens (primary N) is 1. The third-order valence-electron chi connectivity index (χ3n) is 3.72. The predicted molar refractivity (Wildman–Crippen MR) is 73.0 cm³/mol. The molecule has 0 aliphatic heterocycles. The molecule has 1 aromatic rings. The van der Waals surface area contributed by atoms with Gasteiger partial charge in [-0.3, -0.25) is 4.98 Å². The zero-order valence-corrected chi connectivity index (χ0v) is 11.5. The Balaban J connectivity index is 2.88. The van der Waals surface area contributed by atoms with Crippen molar-refractivity contribution in [3.63, 3.8) is 0 Å². The molecule has 1 rings (SSSR count). The van der Waals surface area contributed by atoms with Gasteiger partial charge in [-0.15, -0.1) is 0 Å². The van der Waals surface area contributed by atoms with Crippen LogP contribution in [0.5, 0.6) is 0 Å². The average molecular weight is 236 g/mol. The normalized spacial score (nSPS) is 14.0. The second-order valence-corrected chi connectivity index (χ2v) is 5.17. The molecule has 1 atom stereocenters. The first-order valence-electron chi connectivity index (χ1n) is 5.92. The summed E-state index contributed by atoms with van der Waals surface area (Å²) in [6.07, 6.45) is 4.46. The van der Waals surface area contributed by atoms with Crippen LogP contribution in [0.25, 0.3) is 0 Å². The van der Waals surface area contributed by atoms with Crippen molar-refractivity contribution in [3.8, 4) is 0 Å². The number of pyridine rings is 1. The van der Waals surface area contributed by atoms with E-state index in [4.69, 9.17) is 5.73 Å². The summed E-state index contributed by atoms with van der Waals surface area (Å²) in [6.45, 7) is 4.45. The van der Waals surface area contributed by atoms with Gasteiger partial charge in [0.1, 0.15) is 0 Å². The van der Waals surface area contributed by atoms with Crippen LogP contribution in [0.15, 0.2) is 18.5 Å². The highest BCUT2D eigenvalue weighted by atomic mass is 15.2. The Kier molecular flexibility index (Phi) is 4.48. The number of rotatable bonds is 5. The Morgan fingerprint density at radius 2 is 2.12 bits per heavy atom. The topological polar surface area (TPSA) is 54.2 Å². The fourth-order valence-corrected chi connectivity index (χ4v) is 1.85. The van der Waals surface area contributed by atoms with Gasteiger partial charge in [-0.1, -0.05) is 0 Å². The summed E-state index contributed by atoms with van der Waals surface area (Å²) in [7, 11) is 6.18. The average Bonchev–Trinajstić information content (AvgIpc) is 2.27. The number of nitrogen functional groups attached to an aromatic ring is 1. The van der Waals surface area contributed by atoms with E-state index in [0.717, 1.165) is 17.7 Å².